The lowest BCUT2D eigenvalue weighted by Gasteiger charge is -1.97. The number of hydrogen-bond donors (Lipinski definition) is 1. The van der Waals surface area contributed by atoms with E-state index in [4.69, 9.17) is 17.3 Å². The van der Waals surface area contributed by atoms with Crippen molar-refractivity contribution in [2.75, 3.05) is 0 Å². The van der Waals surface area contributed by atoms with Crippen LogP contribution in [0, 0.1) is 0 Å². The molecule has 0 fully saturated rings. The van der Waals surface area contributed by atoms with Gasteiger partial charge in [0.25, 0.3) is 0 Å². The Kier molecular flexibility index (Phi) is 2.44. The topological polar surface area (TPSA) is 56.0 Å². The van der Waals surface area contributed by atoms with E-state index in [2.05, 4.69) is 4.98 Å². The third-order valence-electron chi connectivity index (χ3n) is 1.21. The molecule has 0 aromatic carbocycles. The highest BCUT2D eigenvalue weighted by Crippen LogP contribution is 2.13. The van der Waals surface area contributed by atoms with Crippen LogP contribution in [0.3, 0.4) is 0 Å². The van der Waals surface area contributed by atoms with Gasteiger partial charge in [0, 0.05) is 17.4 Å². The molecule has 2 N–H and O–H groups in total. The summed E-state index contributed by atoms with van der Waals surface area (Å²) in [7, 11) is 0. The van der Waals surface area contributed by atoms with Gasteiger partial charge in [-0.25, -0.2) is 0 Å². The Balaban J connectivity index is 2.86. The number of hydrogen-bond acceptors (Lipinski definition) is 2. The zero-order chi connectivity index (χ0) is 8.27. The third-order valence-corrected chi connectivity index (χ3v) is 1.58. The number of rotatable bonds is 2. The van der Waals surface area contributed by atoms with Crippen LogP contribution in [-0.4, -0.2) is 10.9 Å². The predicted molar refractivity (Wildman–Crippen MR) is 42.1 cm³/mol. The number of primary amides is 1. The van der Waals surface area contributed by atoms with Gasteiger partial charge in [-0.3, -0.25) is 9.78 Å². The van der Waals surface area contributed by atoms with Gasteiger partial charge in [-0.05, 0) is 11.6 Å². The number of carbonyl (C=O) groups excluding carboxylic acids is 1. The van der Waals surface area contributed by atoms with E-state index in [0.29, 0.717) is 10.6 Å². The molecule has 0 unspecified atom stereocenters. The van der Waals surface area contributed by atoms with Crippen molar-refractivity contribution in [2.24, 2.45) is 5.73 Å². The van der Waals surface area contributed by atoms with Crippen LogP contribution in [0.25, 0.3) is 0 Å². The maximum Gasteiger partial charge on any atom is 0.221 e. The van der Waals surface area contributed by atoms with Gasteiger partial charge >= 0.3 is 0 Å². The number of aromatic nitrogens is 1. The van der Waals surface area contributed by atoms with E-state index >= 15 is 0 Å². The van der Waals surface area contributed by atoms with Gasteiger partial charge in [0.1, 0.15) is 0 Å². The van der Waals surface area contributed by atoms with Crippen molar-refractivity contribution in [3.8, 4) is 0 Å². The Morgan fingerprint density at radius 3 is 3.00 bits per heavy atom. The van der Waals surface area contributed by atoms with Gasteiger partial charge < -0.3 is 5.73 Å². The van der Waals surface area contributed by atoms with Crippen LogP contribution in [0.5, 0.6) is 0 Å². The Hall–Kier alpha value is -1.09. The van der Waals surface area contributed by atoms with Crippen LogP contribution >= 0.6 is 11.6 Å². The summed E-state index contributed by atoms with van der Waals surface area (Å²) >= 11 is 5.72. The average molecular weight is 171 g/mol. The molecular weight excluding hydrogens is 164 g/mol. The molecule has 3 nitrogen and oxygen atoms in total. The first-order valence-electron chi connectivity index (χ1n) is 3.07. The smallest absolute Gasteiger partial charge is 0.221 e. The number of nitrogens with zero attached hydrogens (tertiary/aromatic N) is 1. The van der Waals surface area contributed by atoms with E-state index in [1.165, 1.54) is 6.20 Å². The standard InChI is InChI=1S/C7H7ClN2O/c8-6-1-2-10-4-5(6)3-7(9)11/h1-2,4H,3H2,(H2,9,11). The summed E-state index contributed by atoms with van der Waals surface area (Å²) < 4.78 is 0. The molecule has 4 heteroatoms. The number of halogens is 1. The summed E-state index contributed by atoms with van der Waals surface area (Å²) in [6.07, 6.45) is 3.24. The van der Waals surface area contributed by atoms with Gasteiger partial charge in [0.05, 0.1) is 6.42 Å². The maximum absolute atomic E-state index is 10.5. The lowest BCUT2D eigenvalue weighted by atomic mass is 10.2. The van der Waals surface area contributed by atoms with Gasteiger partial charge in [-0.2, -0.15) is 0 Å². The molecule has 58 valence electrons. The molecule has 0 saturated carbocycles. The number of carbonyl (C=O) groups is 1. The Morgan fingerprint density at radius 1 is 1.73 bits per heavy atom. The fourth-order valence-electron chi connectivity index (χ4n) is 0.728. The summed E-state index contributed by atoms with van der Waals surface area (Å²) in [5, 5.41) is 0.527. The van der Waals surface area contributed by atoms with E-state index < -0.39 is 5.91 Å². The highest BCUT2D eigenvalue weighted by molar-refractivity contribution is 6.31. The fraction of sp³-hybridized carbons (Fsp3) is 0.143. The summed E-state index contributed by atoms with van der Waals surface area (Å²) in [5.74, 6) is -0.403. The van der Waals surface area contributed by atoms with Gasteiger partial charge in [-0.1, -0.05) is 11.6 Å². The summed E-state index contributed by atoms with van der Waals surface area (Å²) in [6.45, 7) is 0. The van der Waals surface area contributed by atoms with E-state index in [1.807, 2.05) is 0 Å². The molecule has 1 heterocycles. The quantitative estimate of drug-likeness (QED) is 0.713. The fourth-order valence-corrected chi connectivity index (χ4v) is 0.900. The van der Waals surface area contributed by atoms with Crippen LogP contribution in [0.2, 0.25) is 5.02 Å². The van der Waals surface area contributed by atoms with Gasteiger partial charge in [0.15, 0.2) is 0 Å². The van der Waals surface area contributed by atoms with Crippen molar-refractivity contribution in [3.63, 3.8) is 0 Å². The molecule has 1 aromatic heterocycles. The van der Waals surface area contributed by atoms with Crippen LogP contribution in [0.4, 0.5) is 0 Å². The van der Waals surface area contributed by atoms with E-state index in [0.717, 1.165) is 0 Å². The van der Waals surface area contributed by atoms with Crippen molar-refractivity contribution in [1.29, 1.82) is 0 Å². The van der Waals surface area contributed by atoms with Crippen molar-refractivity contribution in [3.05, 3.63) is 29.0 Å². The Morgan fingerprint density at radius 2 is 2.45 bits per heavy atom. The Labute approximate surface area is 69.2 Å². The van der Waals surface area contributed by atoms with E-state index in [-0.39, 0.29) is 6.42 Å². The largest absolute Gasteiger partial charge is 0.369 e. The van der Waals surface area contributed by atoms with Crippen molar-refractivity contribution in [2.45, 2.75) is 6.42 Å². The molecular formula is C7H7ClN2O. The summed E-state index contributed by atoms with van der Waals surface area (Å²) in [6, 6.07) is 1.62. The molecule has 0 aliphatic carbocycles. The second-order valence-electron chi connectivity index (χ2n) is 2.11. The molecule has 0 bridgehead atoms. The SMILES string of the molecule is NC(=O)Cc1cnccc1Cl. The Bertz CT molecular complexity index is 275. The molecule has 1 aromatic rings. The second-order valence-corrected chi connectivity index (χ2v) is 2.52. The molecule has 0 atom stereocenters. The highest BCUT2D eigenvalue weighted by atomic mass is 35.5. The first-order valence-corrected chi connectivity index (χ1v) is 3.44. The van der Waals surface area contributed by atoms with Crippen LogP contribution in [-0.2, 0) is 11.2 Å². The molecule has 1 rings (SSSR count). The zero-order valence-electron chi connectivity index (χ0n) is 5.75. The molecule has 0 aliphatic heterocycles. The molecule has 1 amide bonds. The van der Waals surface area contributed by atoms with Crippen LogP contribution in [0.1, 0.15) is 5.56 Å². The van der Waals surface area contributed by atoms with Crippen molar-refractivity contribution in [1.82, 2.24) is 4.98 Å². The first kappa shape index (κ1) is 8.01. The molecule has 0 saturated heterocycles. The van der Waals surface area contributed by atoms with Gasteiger partial charge in [-0.15, -0.1) is 0 Å². The number of pyridine rings is 1. The number of amides is 1. The lowest BCUT2D eigenvalue weighted by Crippen LogP contribution is -2.13. The van der Waals surface area contributed by atoms with E-state index in [9.17, 15) is 4.79 Å². The lowest BCUT2D eigenvalue weighted by molar-refractivity contribution is -0.117. The average Bonchev–Trinajstić information content (AvgIpc) is 1.93. The van der Waals surface area contributed by atoms with Crippen LogP contribution in [0.15, 0.2) is 18.5 Å². The number of nitrogens with two attached hydrogens (primary N) is 1. The minimum Gasteiger partial charge on any atom is -0.369 e. The molecule has 11 heavy (non-hydrogen) atoms. The molecule has 0 aliphatic rings. The van der Waals surface area contributed by atoms with E-state index in [1.54, 1.807) is 12.3 Å². The normalized spacial score (nSPS) is 9.55. The monoisotopic (exact) mass is 170 g/mol. The minimum atomic E-state index is -0.403. The van der Waals surface area contributed by atoms with Crippen molar-refractivity contribution >= 4 is 17.5 Å². The molecule has 0 radical (unpaired) electrons. The second kappa shape index (κ2) is 3.34. The minimum absolute atomic E-state index is 0.146. The molecule has 0 spiro atoms. The zero-order valence-corrected chi connectivity index (χ0v) is 6.51. The third kappa shape index (κ3) is 2.20. The highest BCUT2D eigenvalue weighted by Gasteiger charge is 2.01. The van der Waals surface area contributed by atoms with Gasteiger partial charge in [0.2, 0.25) is 5.91 Å². The first-order chi connectivity index (χ1) is 5.20. The summed E-state index contributed by atoms with van der Waals surface area (Å²) in [4.78, 5) is 14.3. The van der Waals surface area contributed by atoms with Crippen molar-refractivity contribution < 1.29 is 4.79 Å². The predicted octanol–water partition coefficient (Wildman–Crippen LogP) is 0.763. The maximum atomic E-state index is 10.5. The summed E-state index contributed by atoms with van der Waals surface area (Å²) in [5.41, 5.74) is 5.64. The van der Waals surface area contributed by atoms with Crippen LogP contribution < -0.4 is 5.73 Å².